The van der Waals surface area contributed by atoms with Gasteiger partial charge < -0.3 is 5.11 Å². The number of hydrogen-bond acceptors (Lipinski definition) is 3. The molecule has 2 heterocycles. The minimum absolute atomic E-state index is 0.229. The smallest absolute Gasteiger partial charge is 0.337 e. The lowest BCUT2D eigenvalue weighted by molar-refractivity contribution is 0.0697. The topological polar surface area (TPSA) is 50.2 Å². The van der Waals surface area contributed by atoms with Gasteiger partial charge in [0.05, 0.1) is 5.56 Å². The third-order valence-corrected chi connectivity index (χ3v) is 3.61. The number of aromatic carboxylic acids is 1. The van der Waals surface area contributed by atoms with Crippen LogP contribution in [-0.4, -0.2) is 16.1 Å². The van der Waals surface area contributed by atoms with Crippen LogP contribution >= 0.6 is 27.3 Å². The molecule has 0 aliphatic heterocycles. The van der Waals surface area contributed by atoms with E-state index in [0.29, 0.717) is 5.56 Å². The molecule has 1 N–H and O–H groups in total. The number of carboxylic acids is 1. The Kier molecular flexibility index (Phi) is 2.83. The van der Waals surface area contributed by atoms with Crippen LogP contribution in [0.4, 0.5) is 0 Å². The molecule has 0 amide bonds. The molecule has 0 fully saturated rings. The molecule has 0 atom stereocenters. The summed E-state index contributed by atoms with van der Waals surface area (Å²) in [6, 6.07) is 3.61. The van der Waals surface area contributed by atoms with Crippen molar-refractivity contribution in [2.45, 2.75) is 0 Å². The van der Waals surface area contributed by atoms with Gasteiger partial charge in [-0.2, -0.15) is 0 Å². The molecule has 5 heteroatoms. The largest absolute Gasteiger partial charge is 0.478 e. The monoisotopic (exact) mass is 283 g/mol. The van der Waals surface area contributed by atoms with Gasteiger partial charge in [-0.05, 0) is 28.1 Å². The number of halogens is 1. The van der Waals surface area contributed by atoms with Gasteiger partial charge in [0.15, 0.2) is 0 Å². The minimum atomic E-state index is -0.956. The van der Waals surface area contributed by atoms with Gasteiger partial charge in [-0.15, -0.1) is 11.3 Å². The van der Waals surface area contributed by atoms with E-state index >= 15 is 0 Å². The number of pyridine rings is 1. The average Bonchev–Trinajstić information content (AvgIpc) is 2.65. The second-order valence-electron chi connectivity index (χ2n) is 2.86. The van der Waals surface area contributed by atoms with Crippen molar-refractivity contribution in [1.82, 2.24) is 4.98 Å². The lowest BCUT2D eigenvalue weighted by atomic mass is 10.1. The van der Waals surface area contributed by atoms with Crippen LogP contribution in [0.5, 0.6) is 0 Å². The first-order chi connectivity index (χ1) is 7.18. The van der Waals surface area contributed by atoms with Gasteiger partial charge >= 0.3 is 5.97 Å². The zero-order valence-corrected chi connectivity index (χ0v) is 9.88. The van der Waals surface area contributed by atoms with Crippen molar-refractivity contribution in [3.05, 3.63) is 39.9 Å². The highest BCUT2D eigenvalue weighted by Crippen LogP contribution is 2.31. The van der Waals surface area contributed by atoms with Gasteiger partial charge in [0.1, 0.15) is 0 Å². The van der Waals surface area contributed by atoms with E-state index < -0.39 is 5.97 Å². The Hall–Kier alpha value is -1.20. The van der Waals surface area contributed by atoms with Crippen molar-refractivity contribution in [3.8, 4) is 10.4 Å². The normalized spacial score (nSPS) is 10.2. The van der Waals surface area contributed by atoms with Gasteiger partial charge in [0.2, 0.25) is 0 Å². The Balaban J connectivity index is 2.57. The summed E-state index contributed by atoms with van der Waals surface area (Å²) >= 11 is 4.83. The van der Waals surface area contributed by atoms with Gasteiger partial charge in [0, 0.05) is 32.7 Å². The highest BCUT2D eigenvalue weighted by atomic mass is 79.9. The molecule has 0 radical (unpaired) electrons. The molecule has 0 saturated heterocycles. The van der Waals surface area contributed by atoms with Gasteiger partial charge in [-0.3, -0.25) is 4.98 Å². The first-order valence-electron chi connectivity index (χ1n) is 4.10. The number of rotatable bonds is 2. The lowest BCUT2D eigenvalue weighted by Gasteiger charge is -2.01. The van der Waals surface area contributed by atoms with Crippen molar-refractivity contribution >= 4 is 33.2 Å². The molecule has 15 heavy (non-hydrogen) atoms. The number of thiophene rings is 1. The fourth-order valence-corrected chi connectivity index (χ4v) is 2.70. The van der Waals surface area contributed by atoms with E-state index in [0.717, 1.165) is 9.35 Å². The van der Waals surface area contributed by atoms with Crippen LogP contribution in [0.2, 0.25) is 0 Å². The van der Waals surface area contributed by atoms with Crippen molar-refractivity contribution in [1.29, 1.82) is 0 Å². The van der Waals surface area contributed by atoms with Gasteiger partial charge in [-0.1, -0.05) is 0 Å². The summed E-state index contributed by atoms with van der Waals surface area (Å²) in [4.78, 5) is 15.7. The average molecular weight is 284 g/mol. The van der Waals surface area contributed by atoms with Crippen LogP contribution in [0.3, 0.4) is 0 Å². The van der Waals surface area contributed by atoms with Crippen LogP contribution < -0.4 is 0 Å². The van der Waals surface area contributed by atoms with Gasteiger partial charge in [0.25, 0.3) is 0 Å². The molecule has 0 spiro atoms. The fourth-order valence-electron chi connectivity index (χ4n) is 1.23. The molecular weight excluding hydrogens is 278 g/mol. The summed E-state index contributed by atoms with van der Waals surface area (Å²) in [5.41, 5.74) is 0.931. The van der Waals surface area contributed by atoms with Crippen LogP contribution in [0.1, 0.15) is 10.4 Å². The number of aromatic nitrogens is 1. The minimum Gasteiger partial charge on any atom is -0.478 e. The molecule has 0 saturated carbocycles. The summed E-state index contributed by atoms with van der Waals surface area (Å²) < 4.78 is 0.954. The Morgan fingerprint density at radius 3 is 2.93 bits per heavy atom. The molecule has 0 bridgehead atoms. The molecule has 0 unspecified atom stereocenters. The third-order valence-electron chi connectivity index (χ3n) is 1.88. The zero-order valence-electron chi connectivity index (χ0n) is 7.48. The van der Waals surface area contributed by atoms with E-state index in [4.69, 9.17) is 5.11 Å². The van der Waals surface area contributed by atoms with E-state index in [1.54, 1.807) is 12.3 Å². The Labute approximate surface area is 98.5 Å². The van der Waals surface area contributed by atoms with Crippen LogP contribution in [0, 0.1) is 0 Å². The summed E-state index contributed by atoms with van der Waals surface area (Å²) in [6.07, 6.45) is 2.96. The molecule has 0 aliphatic rings. The molecular formula is C10H6BrNO2S. The number of nitrogens with zero attached hydrogens (tertiary/aromatic N) is 1. The molecule has 2 rings (SSSR count). The fraction of sp³-hybridized carbons (Fsp3) is 0. The maximum absolute atomic E-state index is 11.0. The molecule has 3 nitrogen and oxygen atoms in total. The predicted octanol–water partition coefficient (Wildman–Crippen LogP) is 3.27. The first-order valence-corrected chi connectivity index (χ1v) is 5.77. The Bertz CT molecular complexity index is 510. The zero-order chi connectivity index (χ0) is 10.8. The molecule has 0 aromatic carbocycles. The highest BCUT2D eigenvalue weighted by Gasteiger charge is 2.12. The van der Waals surface area contributed by atoms with Crippen LogP contribution in [0.15, 0.2) is 34.4 Å². The third kappa shape index (κ3) is 2.08. The van der Waals surface area contributed by atoms with Crippen molar-refractivity contribution in [2.24, 2.45) is 0 Å². The Morgan fingerprint density at radius 1 is 1.53 bits per heavy atom. The quantitative estimate of drug-likeness (QED) is 0.920. The first kappa shape index (κ1) is 10.3. The Morgan fingerprint density at radius 2 is 2.33 bits per heavy atom. The predicted molar refractivity (Wildman–Crippen MR) is 62.2 cm³/mol. The summed E-state index contributed by atoms with van der Waals surface area (Å²) in [7, 11) is 0. The number of hydrogen-bond donors (Lipinski definition) is 1. The highest BCUT2D eigenvalue weighted by molar-refractivity contribution is 9.10. The van der Waals surface area contributed by atoms with Crippen molar-refractivity contribution in [3.63, 3.8) is 0 Å². The van der Waals surface area contributed by atoms with E-state index in [-0.39, 0.29) is 5.56 Å². The van der Waals surface area contributed by atoms with E-state index in [1.165, 1.54) is 17.5 Å². The maximum atomic E-state index is 11.0. The second kappa shape index (κ2) is 4.12. The standard InChI is InChI=1S/C10H6BrNO2S/c11-6-3-9(15-5-6)7-1-2-12-4-8(7)10(13)14/h1-5H,(H,13,14). The molecule has 0 aliphatic carbocycles. The van der Waals surface area contributed by atoms with Crippen LogP contribution in [-0.2, 0) is 0 Å². The van der Waals surface area contributed by atoms with Crippen LogP contribution in [0.25, 0.3) is 10.4 Å². The SMILES string of the molecule is O=C(O)c1cnccc1-c1cc(Br)cs1. The van der Waals surface area contributed by atoms with Gasteiger partial charge in [-0.25, -0.2) is 4.79 Å². The van der Waals surface area contributed by atoms with Crippen molar-refractivity contribution < 1.29 is 9.90 Å². The number of carbonyl (C=O) groups is 1. The molecule has 2 aromatic heterocycles. The molecule has 76 valence electrons. The van der Waals surface area contributed by atoms with Crippen molar-refractivity contribution in [2.75, 3.05) is 0 Å². The second-order valence-corrected chi connectivity index (χ2v) is 4.68. The summed E-state index contributed by atoms with van der Waals surface area (Å²) in [5.74, 6) is -0.956. The summed E-state index contributed by atoms with van der Waals surface area (Å²) in [5, 5.41) is 10.9. The maximum Gasteiger partial charge on any atom is 0.337 e. The van der Waals surface area contributed by atoms with E-state index in [9.17, 15) is 4.79 Å². The number of carboxylic acid groups (broad SMARTS) is 1. The van der Waals surface area contributed by atoms with E-state index in [2.05, 4.69) is 20.9 Å². The lowest BCUT2D eigenvalue weighted by Crippen LogP contribution is -1.99. The molecule has 2 aromatic rings. The summed E-state index contributed by atoms with van der Waals surface area (Å²) in [6.45, 7) is 0. The van der Waals surface area contributed by atoms with E-state index in [1.807, 2.05) is 11.4 Å².